The molecular weight excluding hydrogens is 779 g/mol. The van der Waals surface area contributed by atoms with Gasteiger partial charge in [0.2, 0.25) is 33.4 Å². The number of rotatable bonds is 7. The van der Waals surface area contributed by atoms with Crippen LogP contribution in [0.5, 0.6) is 5.88 Å². The molecule has 0 bridgehead atoms. The Bertz CT molecular complexity index is 2280. The molecule has 7 rings (SSSR count). The van der Waals surface area contributed by atoms with E-state index in [0.29, 0.717) is 49.8 Å². The minimum Gasteiger partial charge on any atom is -0.471 e. The molecule has 0 radical (unpaired) electrons. The molecule has 5 atom stereocenters. The summed E-state index contributed by atoms with van der Waals surface area (Å²) in [4.78, 5) is 64.7. The van der Waals surface area contributed by atoms with Crippen LogP contribution in [-0.4, -0.2) is 87.1 Å². The summed E-state index contributed by atoms with van der Waals surface area (Å²) in [6, 6.07) is 0.124. The second-order valence-corrected chi connectivity index (χ2v) is 17.6. The van der Waals surface area contributed by atoms with E-state index in [-0.39, 0.29) is 29.6 Å². The summed E-state index contributed by atoms with van der Waals surface area (Å²) in [6.07, 6.45) is -0.0558. The fourth-order valence-electron chi connectivity index (χ4n) is 7.24. The number of aromatic nitrogens is 3. The van der Waals surface area contributed by atoms with E-state index in [1.807, 2.05) is 6.08 Å². The molecule has 3 aromatic rings. The number of benzene rings is 1. The van der Waals surface area contributed by atoms with Crippen molar-refractivity contribution in [1.29, 1.82) is 0 Å². The maximum atomic E-state index is 14.5. The molecule has 4 aliphatic rings. The molecule has 4 heterocycles. The van der Waals surface area contributed by atoms with Gasteiger partial charge in [-0.2, -0.15) is 13.2 Å². The Balaban J connectivity index is 1.23. The Hall–Kier alpha value is -5.14. The number of alkyl halides is 3. The zero-order chi connectivity index (χ0) is 41.1. The normalized spacial score (nSPS) is 27.0. The van der Waals surface area contributed by atoms with Gasteiger partial charge in [0.15, 0.2) is 5.69 Å². The van der Waals surface area contributed by atoms with Crippen LogP contribution in [0.2, 0.25) is 0 Å². The molecule has 2 aromatic heterocycles. The van der Waals surface area contributed by atoms with Crippen LogP contribution in [-0.2, 0) is 30.6 Å². The molecule has 4 amide bonds. The second-order valence-electron chi connectivity index (χ2n) is 15.5. The lowest BCUT2D eigenvalue weighted by atomic mass is 10.0. The smallest absolute Gasteiger partial charge is 0.438 e. The lowest BCUT2D eigenvalue weighted by molar-refractivity contribution is -0.143. The molecule has 3 fully saturated rings. The summed E-state index contributed by atoms with van der Waals surface area (Å²) in [7, 11) is -4.12. The Morgan fingerprint density at radius 2 is 1.84 bits per heavy atom. The number of nitrogens with one attached hydrogen (secondary N) is 3. The first-order chi connectivity index (χ1) is 26.8. The topological polar surface area (TPSA) is 203 Å². The summed E-state index contributed by atoms with van der Waals surface area (Å²) >= 11 is 0. The van der Waals surface area contributed by atoms with E-state index in [2.05, 4.69) is 30.5 Å². The van der Waals surface area contributed by atoms with Crippen molar-refractivity contribution in [3.05, 3.63) is 58.9 Å². The first-order valence-corrected chi connectivity index (χ1v) is 20.1. The van der Waals surface area contributed by atoms with Gasteiger partial charge in [-0.15, -0.1) is 0 Å². The van der Waals surface area contributed by atoms with Crippen LogP contribution >= 0.6 is 0 Å². The minimum atomic E-state index is -5.07. The summed E-state index contributed by atoms with van der Waals surface area (Å²) < 4.78 is 95.1. The third kappa shape index (κ3) is 7.91. The number of nitrogens with zero attached hydrogens (tertiary/aromatic N) is 4. The van der Waals surface area contributed by atoms with Crippen LogP contribution in [0.4, 0.5) is 17.6 Å². The van der Waals surface area contributed by atoms with Crippen molar-refractivity contribution in [2.75, 3.05) is 6.54 Å². The molecule has 2 saturated carbocycles. The second kappa shape index (κ2) is 14.7. The third-order valence-electron chi connectivity index (χ3n) is 11.3. The van der Waals surface area contributed by atoms with E-state index in [4.69, 9.17) is 9.26 Å². The number of allylic oxidation sites excluding steroid dienone is 1. The first-order valence-electron chi connectivity index (χ1n) is 18.6. The summed E-state index contributed by atoms with van der Waals surface area (Å²) in [5.41, 5.74) is -3.35. The summed E-state index contributed by atoms with van der Waals surface area (Å²) in [6.45, 7) is 4.25. The quantitative estimate of drug-likeness (QED) is 0.230. The average Bonchev–Trinajstić information content (AvgIpc) is 3.97. The molecule has 0 spiro atoms. The highest BCUT2D eigenvalue weighted by Gasteiger charge is 2.63. The zero-order valence-electron chi connectivity index (χ0n) is 31.2. The number of carbonyl (C=O) groups is 4. The molecular formula is C37H41F4N7O8S. The van der Waals surface area contributed by atoms with Gasteiger partial charge in [0, 0.05) is 24.0 Å². The van der Waals surface area contributed by atoms with Gasteiger partial charge >= 0.3 is 6.18 Å². The maximum absolute atomic E-state index is 14.5. The van der Waals surface area contributed by atoms with Gasteiger partial charge < -0.3 is 24.8 Å². The number of hydrogen-bond donors (Lipinski definition) is 3. The molecule has 3 N–H and O–H groups in total. The Morgan fingerprint density at radius 1 is 1.09 bits per heavy atom. The van der Waals surface area contributed by atoms with E-state index < -0.39 is 105 Å². The van der Waals surface area contributed by atoms with Crippen molar-refractivity contribution in [3.63, 3.8) is 0 Å². The van der Waals surface area contributed by atoms with Gasteiger partial charge in [0.05, 0.1) is 22.3 Å². The maximum Gasteiger partial charge on any atom is 0.438 e. The van der Waals surface area contributed by atoms with Crippen molar-refractivity contribution in [2.24, 2.45) is 5.92 Å². The number of halogens is 4. The Kier molecular flexibility index (Phi) is 10.3. The third-order valence-corrected chi connectivity index (χ3v) is 13.5. The highest BCUT2D eigenvalue weighted by atomic mass is 32.2. The van der Waals surface area contributed by atoms with E-state index in [1.54, 1.807) is 19.9 Å². The molecule has 306 valence electrons. The number of aryl methyl sites for hydroxylation is 1. The van der Waals surface area contributed by atoms with Crippen LogP contribution in [0, 0.1) is 25.6 Å². The lowest BCUT2D eigenvalue weighted by Gasteiger charge is -2.30. The largest absolute Gasteiger partial charge is 0.471 e. The van der Waals surface area contributed by atoms with E-state index in [9.17, 15) is 45.2 Å². The standard InChI is InChI=1S/C37H41F4N7O8S/c1-19-20(2)56-46-28(19)31(50)43-25-10-8-6-4-5-7-9-21-17-36(21,34(52)47-57(53,54)35(3)13-14-35)45-30(49)27-16-23(18-48(27)33(25)51)55-32-29(37(39,40)41)42-24-12-11-22(38)15-26(24)44-32/h7,9,11-12,15,21,23,25,27H,4-6,8,10,13-14,16-18H2,1-3H3,(H,43,50)(H,45,49)(H,47,52)/b9-7-/t21-,23-,25+,27+,36-/m1/s1. The number of carbonyl (C=O) groups excluding carboxylic acids is 4. The van der Waals surface area contributed by atoms with Crippen LogP contribution in [0.25, 0.3) is 11.0 Å². The lowest BCUT2D eigenvalue weighted by Crippen LogP contribution is -2.58. The summed E-state index contributed by atoms with van der Waals surface area (Å²) in [5.74, 6) is -5.37. The highest BCUT2D eigenvalue weighted by Crippen LogP contribution is 2.47. The monoisotopic (exact) mass is 819 g/mol. The van der Waals surface area contributed by atoms with Crippen LogP contribution in [0.1, 0.15) is 92.2 Å². The van der Waals surface area contributed by atoms with Crippen molar-refractivity contribution in [1.82, 2.24) is 35.4 Å². The van der Waals surface area contributed by atoms with Crippen LogP contribution in [0.15, 0.2) is 34.9 Å². The SMILES string of the molecule is Cc1onc(C(=O)N[C@H]2CCCCC/C=C\[C@@H]3C[C@@]3(C(=O)NS(=O)(=O)C3(C)CC3)NC(=O)[C@@H]3C[C@@H](Oc4nc5cc(F)ccc5nc4C(F)(F)F)CN3C2=O)c1C. The number of amides is 4. The molecule has 57 heavy (non-hydrogen) atoms. The van der Waals surface area contributed by atoms with Crippen LogP contribution < -0.4 is 20.1 Å². The van der Waals surface area contributed by atoms with Crippen molar-refractivity contribution < 1.29 is 54.4 Å². The number of fused-ring (bicyclic) bond motifs is 3. The Labute approximate surface area is 324 Å². The van der Waals surface area contributed by atoms with Gasteiger partial charge in [-0.05, 0) is 71.4 Å². The van der Waals surface area contributed by atoms with E-state index in [0.717, 1.165) is 23.1 Å². The van der Waals surface area contributed by atoms with E-state index in [1.165, 1.54) is 6.92 Å². The molecule has 0 unspecified atom stereocenters. The molecule has 2 aliphatic heterocycles. The van der Waals surface area contributed by atoms with Crippen molar-refractivity contribution in [3.8, 4) is 5.88 Å². The molecule has 1 saturated heterocycles. The van der Waals surface area contributed by atoms with E-state index >= 15 is 0 Å². The highest BCUT2D eigenvalue weighted by molar-refractivity contribution is 7.91. The molecule has 2 aliphatic carbocycles. The van der Waals surface area contributed by atoms with Crippen molar-refractivity contribution >= 4 is 44.7 Å². The minimum absolute atomic E-state index is 0.0429. The molecule has 15 nitrogen and oxygen atoms in total. The summed E-state index contributed by atoms with van der Waals surface area (Å²) in [5, 5.41) is 9.18. The van der Waals surface area contributed by atoms with Gasteiger partial charge in [0.1, 0.15) is 35.3 Å². The Morgan fingerprint density at radius 3 is 2.53 bits per heavy atom. The molecule has 20 heteroatoms. The fourth-order valence-corrected chi connectivity index (χ4v) is 8.55. The van der Waals surface area contributed by atoms with Gasteiger partial charge in [-0.1, -0.05) is 30.2 Å². The van der Waals surface area contributed by atoms with Gasteiger partial charge in [-0.25, -0.2) is 22.8 Å². The molecule has 1 aromatic carbocycles. The van der Waals surface area contributed by atoms with Crippen molar-refractivity contribution in [2.45, 2.75) is 113 Å². The predicted molar refractivity (Wildman–Crippen MR) is 192 cm³/mol. The fraction of sp³-hybridized carbons (Fsp3) is 0.541. The zero-order valence-corrected chi connectivity index (χ0v) is 32.1. The van der Waals surface area contributed by atoms with Gasteiger partial charge in [0.25, 0.3) is 11.8 Å². The first kappa shape index (κ1) is 40.1. The average molecular weight is 820 g/mol. The number of ether oxygens (including phenoxy) is 1. The number of hydrogen-bond acceptors (Lipinski definition) is 11. The number of sulfonamides is 1. The van der Waals surface area contributed by atoms with Gasteiger partial charge in [-0.3, -0.25) is 23.9 Å². The van der Waals surface area contributed by atoms with Crippen LogP contribution in [0.3, 0.4) is 0 Å². The predicted octanol–water partition coefficient (Wildman–Crippen LogP) is 3.93.